The van der Waals surface area contributed by atoms with Gasteiger partial charge in [-0.15, -0.1) is 12.3 Å². The molecule has 0 spiro atoms. The Kier molecular flexibility index (Phi) is 21.1. The van der Waals surface area contributed by atoms with E-state index in [1.807, 2.05) is 0 Å². The predicted molar refractivity (Wildman–Crippen MR) is 167 cm³/mol. The molecule has 0 aliphatic rings. The molecule has 0 aromatic carbocycles. The van der Waals surface area contributed by atoms with Gasteiger partial charge >= 0.3 is 0 Å². The summed E-state index contributed by atoms with van der Waals surface area (Å²) in [6, 6.07) is 2.80. The quantitative estimate of drug-likeness (QED) is 0.110. The summed E-state index contributed by atoms with van der Waals surface area (Å²) in [4.78, 5) is 0. The minimum absolute atomic E-state index is 1.29. The normalized spacial score (nSPS) is 12.9. The fraction of sp³-hybridized carbons (Fsp3) is 0.933. The summed E-state index contributed by atoms with van der Waals surface area (Å²) in [5.41, 5.74) is 2.36. The summed E-state index contributed by atoms with van der Waals surface area (Å²) < 4.78 is 9.39. The number of hydrogen-bond donors (Lipinski definition) is 0. The van der Waals surface area contributed by atoms with Gasteiger partial charge in [-0.2, -0.15) is 0 Å². The summed E-state index contributed by atoms with van der Waals surface area (Å²) in [7, 11) is -3.44. The van der Waals surface area contributed by atoms with E-state index < -0.39 is 16.6 Å². The van der Waals surface area contributed by atoms with Crippen molar-refractivity contribution in [1.29, 1.82) is 0 Å². The van der Waals surface area contributed by atoms with Crippen molar-refractivity contribution >= 4 is 16.6 Å². The SMILES string of the molecule is C=C[Si](C)(C)CC[Si](N(CCCC)CCCC)(N(CCCC)CCCC)N(CCCC)CCCC. The first-order valence-electron chi connectivity index (χ1n) is 15.7. The zero-order valence-corrected chi connectivity index (χ0v) is 27.8. The van der Waals surface area contributed by atoms with Gasteiger partial charge in [0.2, 0.25) is 0 Å². The largest absolute Gasteiger partial charge is 0.299 e. The number of nitrogens with zero attached hydrogens (tertiary/aromatic N) is 3. The summed E-state index contributed by atoms with van der Waals surface area (Å²) >= 11 is 0. The van der Waals surface area contributed by atoms with Crippen molar-refractivity contribution in [3.05, 3.63) is 12.3 Å². The van der Waals surface area contributed by atoms with Crippen LogP contribution in [0.3, 0.4) is 0 Å². The molecule has 0 aromatic heterocycles. The van der Waals surface area contributed by atoms with Gasteiger partial charge in [0.05, 0.1) is 8.07 Å². The molecule has 0 bridgehead atoms. The summed E-state index contributed by atoms with van der Waals surface area (Å²) in [6.45, 7) is 31.5. The molecule has 0 N–H and O–H groups in total. The Hall–Kier alpha value is 0.0538. The topological polar surface area (TPSA) is 9.72 Å². The van der Waals surface area contributed by atoms with Crippen molar-refractivity contribution < 1.29 is 0 Å². The Labute approximate surface area is 225 Å². The van der Waals surface area contributed by atoms with Crippen LogP contribution in [0, 0.1) is 0 Å². The van der Waals surface area contributed by atoms with E-state index in [4.69, 9.17) is 0 Å². The smallest absolute Gasteiger partial charge is 0.289 e. The van der Waals surface area contributed by atoms with Gasteiger partial charge < -0.3 is 0 Å². The van der Waals surface area contributed by atoms with Crippen LogP contribution in [0.2, 0.25) is 25.2 Å². The highest BCUT2D eigenvalue weighted by molar-refractivity contribution is 6.84. The monoisotopic (exact) mass is 525 g/mol. The third-order valence-electron chi connectivity index (χ3n) is 7.87. The molecule has 0 amide bonds. The molecule has 210 valence electrons. The lowest BCUT2D eigenvalue weighted by atomic mass is 10.3. The van der Waals surface area contributed by atoms with Crippen LogP contribution in [0.25, 0.3) is 0 Å². The van der Waals surface area contributed by atoms with E-state index in [0.717, 1.165) is 0 Å². The van der Waals surface area contributed by atoms with Gasteiger partial charge in [-0.3, -0.25) is 13.7 Å². The lowest BCUT2D eigenvalue weighted by molar-refractivity contribution is 0.223. The van der Waals surface area contributed by atoms with Crippen LogP contribution < -0.4 is 0 Å². The first kappa shape index (κ1) is 35.1. The summed E-state index contributed by atoms with van der Waals surface area (Å²) in [5.74, 6) is 0. The molecule has 0 radical (unpaired) electrons. The zero-order valence-electron chi connectivity index (χ0n) is 25.8. The molecule has 0 heterocycles. The molecule has 0 saturated heterocycles. The second kappa shape index (κ2) is 21.0. The number of unbranched alkanes of at least 4 members (excludes halogenated alkanes) is 6. The second-order valence-electron chi connectivity index (χ2n) is 11.5. The minimum Gasteiger partial charge on any atom is -0.299 e. The minimum atomic E-state index is -2.05. The Morgan fingerprint density at radius 2 is 0.743 bits per heavy atom. The Balaban J connectivity index is 6.88. The standard InChI is InChI=1S/C30H67N3Si2/c1-10-17-23-31(24-18-11-2)35(30-29-34(8,9)16-7,32(25-19-12-3)26-20-13-4)33(27-21-14-5)28-22-15-6/h16H,7,10-15,17-30H2,1-6,8-9H3. The van der Waals surface area contributed by atoms with E-state index in [1.165, 1.54) is 128 Å². The van der Waals surface area contributed by atoms with Crippen molar-refractivity contribution in [3.8, 4) is 0 Å². The third kappa shape index (κ3) is 12.9. The van der Waals surface area contributed by atoms with Gasteiger partial charge in [-0.05, 0) is 83.8 Å². The molecule has 0 aromatic rings. The van der Waals surface area contributed by atoms with E-state index in [2.05, 4.69) is 80.6 Å². The highest BCUT2D eigenvalue weighted by Gasteiger charge is 2.50. The predicted octanol–water partition coefficient (Wildman–Crippen LogP) is 9.07. The first-order valence-corrected chi connectivity index (χ1v) is 21.0. The number of rotatable bonds is 25. The Morgan fingerprint density at radius 1 is 0.486 bits per heavy atom. The first-order chi connectivity index (χ1) is 16.8. The van der Waals surface area contributed by atoms with Crippen molar-refractivity contribution in [2.75, 3.05) is 39.3 Å². The molecular weight excluding hydrogens is 459 g/mol. The van der Waals surface area contributed by atoms with Crippen LogP contribution in [0.1, 0.15) is 119 Å². The highest BCUT2D eigenvalue weighted by atomic mass is 28.4. The van der Waals surface area contributed by atoms with Gasteiger partial charge in [-0.25, -0.2) is 0 Å². The zero-order chi connectivity index (χ0) is 26.6. The highest BCUT2D eigenvalue weighted by Crippen LogP contribution is 2.33. The maximum Gasteiger partial charge on any atom is 0.289 e. The number of hydrogen-bond acceptors (Lipinski definition) is 3. The average molecular weight is 526 g/mol. The molecule has 0 aliphatic carbocycles. The van der Waals surface area contributed by atoms with Crippen LogP contribution in [0.5, 0.6) is 0 Å². The van der Waals surface area contributed by atoms with Gasteiger partial charge in [0.1, 0.15) is 0 Å². The molecule has 0 rings (SSSR count). The second-order valence-corrected chi connectivity index (χ2v) is 20.4. The molecule has 0 atom stereocenters. The molecule has 35 heavy (non-hydrogen) atoms. The van der Waals surface area contributed by atoms with Crippen LogP contribution in [0.15, 0.2) is 12.3 Å². The average Bonchev–Trinajstić information content (AvgIpc) is 2.86. The fourth-order valence-corrected chi connectivity index (χ4v) is 14.5. The lowest BCUT2D eigenvalue weighted by Gasteiger charge is -2.55. The van der Waals surface area contributed by atoms with Crippen molar-refractivity contribution in [2.45, 2.75) is 144 Å². The van der Waals surface area contributed by atoms with E-state index in [-0.39, 0.29) is 0 Å². The van der Waals surface area contributed by atoms with E-state index in [9.17, 15) is 0 Å². The van der Waals surface area contributed by atoms with Gasteiger partial charge in [0, 0.05) is 0 Å². The van der Waals surface area contributed by atoms with Crippen molar-refractivity contribution in [2.24, 2.45) is 0 Å². The maximum absolute atomic E-state index is 4.30. The molecule has 0 unspecified atom stereocenters. The molecule has 3 nitrogen and oxygen atoms in total. The Morgan fingerprint density at radius 3 is 0.943 bits per heavy atom. The van der Waals surface area contributed by atoms with Gasteiger partial charge in [0.25, 0.3) is 8.56 Å². The Bertz CT molecular complexity index is 424. The summed E-state index contributed by atoms with van der Waals surface area (Å²) in [6.07, 6.45) is 15.8. The molecule has 0 saturated carbocycles. The van der Waals surface area contributed by atoms with Gasteiger partial charge in [0.15, 0.2) is 0 Å². The lowest BCUT2D eigenvalue weighted by Crippen LogP contribution is -2.76. The van der Waals surface area contributed by atoms with E-state index in [1.54, 1.807) is 0 Å². The fourth-order valence-electron chi connectivity index (χ4n) is 5.17. The van der Waals surface area contributed by atoms with E-state index in [0.29, 0.717) is 0 Å². The maximum atomic E-state index is 4.30. The molecule has 0 aliphatic heterocycles. The van der Waals surface area contributed by atoms with Crippen LogP contribution >= 0.6 is 0 Å². The van der Waals surface area contributed by atoms with Gasteiger partial charge in [-0.1, -0.05) is 99.2 Å². The summed E-state index contributed by atoms with van der Waals surface area (Å²) in [5, 5.41) is 0. The molecular formula is C30H67N3Si2. The molecule has 0 fully saturated rings. The van der Waals surface area contributed by atoms with E-state index >= 15 is 0 Å². The van der Waals surface area contributed by atoms with Crippen molar-refractivity contribution in [1.82, 2.24) is 13.7 Å². The van der Waals surface area contributed by atoms with Crippen molar-refractivity contribution in [3.63, 3.8) is 0 Å². The van der Waals surface area contributed by atoms with Crippen LogP contribution in [-0.2, 0) is 0 Å². The molecule has 5 heteroatoms. The van der Waals surface area contributed by atoms with Crippen LogP contribution in [-0.4, -0.2) is 69.6 Å². The van der Waals surface area contributed by atoms with Crippen LogP contribution in [0.4, 0.5) is 0 Å². The third-order valence-corrected chi connectivity index (χ3v) is 16.3.